The van der Waals surface area contributed by atoms with E-state index in [1.54, 1.807) is 6.66 Å². The lowest BCUT2D eigenvalue weighted by atomic mass is 10.2. The second-order valence-corrected chi connectivity index (χ2v) is 9.70. The summed E-state index contributed by atoms with van der Waals surface area (Å²) in [5.74, 6) is 0.428. The summed E-state index contributed by atoms with van der Waals surface area (Å²) in [6, 6.07) is 0. The SMILES string of the molecule is CCN(CC)C(C)SP(C)(=O)OCC(C)C. The zero-order valence-corrected chi connectivity index (χ0v) is 13.1. The van der Waals surface area contributed by atoms with Crippen molar-refractivity contribution in [1.82, 2.24) is 4.90 Å². The molecule has 16 heavy (non-hydrogen) atoms. The third kappa shape index (κ3) is 6.95. The molecule has 0 saturated carbocycles. The Balaban J connectivity index is 4.18. The van der Waals surface area contributed by atoms with Crippen LogP contribution in [0.4, 0.5) is 0 Å². The van der Waals surface area contributed by atoms with Crippen molar-refractivity contribution in [3.8, 4) is 0 Å². The summed E-state index contributed by atoms with van der Waals surface area (Å²) in [4.78, 5) is 2.28. The molecule has 5 heteroatoms. The van der Waals surface area contributed by atoms with E-state index >= 15 is 0 Å². The molecule has 0 aromatic carbocycles. The molecule has 0 aliphatic rings. The monoisotopic (exact) mass is 267 g/mol. The first kappa shape index (κ1) is 16.5. The Morgan fingerprint density at radius 2 is 1.75 bits per heavy atom. The van der Waals surface area contributed by atoms with Gasteiger partial charge in [0, 0.05) is 6.66 Å². The van der Waals surface area contributed by atoms with E-state index in [9.17, 15) is 4.57 Å². The topological polar surface area (TPSA) is 29.5 Å². The van der Waals surface area contributed by atoms with Crippen LogP contribution in [0.25, 0.3) is 0 Å². The van der Waals surface area contributed by atoms with Gasteiger partial charge < -0.3 is 4.52 Å². The maximum absolute atomic E-state index is 12.2. The zero-order chi connectivity index (χ0) is 12.8. The molecule has 0 aliphatic carbocycles. The fourth-order valence-corrected chi connectivity index (χ4v) is 5.44. The smallest absolute Gasteiger partial charge is 0.256 e. The highest BCUT2D eigenvalue weighted by Crippen LogP contribution is 2.58. The van der Waals surface area contributed by atoms with Gasteiger partial charge in [-0.3, -0.25) is 9.46 Å². The van der Waals surface area contributed by atoms with Crippen molar-refractivity contribution >= 4 is 18.0 Å². The van der Waals surface area contributed by atoms with E-state index in [1.165, 1.54) is 11.4 Å². The van der Waals surface area contributed by atoms with Gasteiger partial charge in [-0.15, -0.1) is 0 Å². The van der Waals surface area contributed by atoms with Gasteiger partial charge in [0.1, 0.15) is 0 Å². The van der Waals surface area contributed by atoms with E-state index in [4.69, 9.17) is 4.52 Å². The molecule has 3 nitrogen and oxygen atoms in total. The Morgan fingerprint density at radius 3 is 2.12 bits per heavy atom. The van der Waals surface area contributed by atoms with Gasteiger partial charge in [-0.25, -0.2) is 0 Å². The summed E-state index contributed by atoms with van der Waals surface area (Å²) in [6.07, 6.45) is 0. The van der Waals surface area contributed by atoms with Crippen molar-refractivity contribution in [2.75, 3.05) is 26.4 Å². The van der Waals surface area contributed by atoms with Gasteiger partial charge in [-0.1, -0.05) is 39.1 Å². The van der Waals surface area contributed by atoms with Crippen LogP contribution in [-0.2, 0) is 9.09 Å². The second-order valence-electron chi connectivity index (χ2n) is 4.39. The molecule has 2 atom stereocenters. The van der Waals surface area contributed by atoms with Crippen molar-refractivity contribution in [3.63, 3.8) is 0 Å². The first-order valence-corrected chi connectivity index (χ1v) is 9.52. The molecule has 98 valence electrons. The molecule has 0 aliphatic heterocycles. The van der Waals surface area contributed by atoms with Crippen LogP contribution in [0.15, 0.2) is 0 Å². The van der Waals surface area contributed by atoms with Crippen LogP contribution in [0.1, 0.15) is 34.6 Å². The molecule has 0 spiro atoms. The Labute approximate surface area is 105 Å². The van der Waals surface area contributed by atoms with E-state index in [0.29, 0.717) is 12.5 Å². The fourth-order valence-electron chi connectivity index (χ4n) is 1.40. The van der Waals surface area contributed by atoms with Crippen LogP contribution in [0.5, 0.6) is 0 Å². The largest absolute Gasteiger partial charge is 0.321 e. The summed E-state index contributed by atoms with van der Waals surface area (Å²) in [5, 5.41) is 0.248. The molecule has 0 heterocycles. The van der Waals surface area contributed by atoms with Crippen molar-refractivity contribution < 1.29 is 9.09 Å². The van der Waals surface area contributed by atoms with Crippen LogP contribution >= 0.6 is 18.0 Å². The minimum atomic E-state index is -2.51. The fraction of sp³-hybridized carbons (Fsp3) is 1.00. The van der Waals surface area contributed by atoms with E-state index in [1.807, 2.05) is 0 Å². The Kier molecular flexibility index (Phi) is 8.00. The molecule has 0 fully saturated rings. The van der Waals surface area contributed by atoms with Gasteiger partial charge in [0.15, 0.2) is 0 Å². The van der Waals surface area contributed by atoms with Gasteiger partial charge in [0.25, 0.3) is 6.57 Å². The molecule has 0 aromatic heterocycles. The van der Waals surface area contributed by atoms with Crippen LogP contribution in [0, 0.1) is 5.92 Å². The summed E-state index contributed by atoms with van der Waals surface area (Å²) in [7, 11) is 0. The average molecular weight is 267 g/mol. The Morgan fingerprint density at radius 1 is 1.25 bits per heavy atom. The molecule has 0 radical (unpaired) electrons. The molecule has 0 rings (SSSR count). The molecule has 0 aromatic rings. The molecule has 2 unspecified atom stereocenters. The summed E-state index contributed by atoms with van der Waals surface area (Å²) in [5.41, 5.74) is 0. The van der Waals surface area contributed by atoms with Crippen molar-refractivity contribution in [1.29, 1.82) is 0 Å². The molecule has 0 N–H and O–H groups in total. The molecular formula is C11H26NO2PS. The van der Waals surface area contributed by atoms with Gasteiger partial charge in [-0.05, 0) is 25.9 Å². The number of hydrogen-bond donors (Lipinski definition) is 0. The lowest BCUT2D eigenvalue weighted by molar-refractivity contribution is 0.279. The van der Waals surface area contributed by atoms with Crippen LogP contribution in [0.3, 0.4) is 0 Å². The minimum Gasteiger partial charge on any atom is -0.321 e. The van der Waals surface area contributed by atoms with Crippen molar-refractivity contribution in [3.05, 3.63) is 0 Å². The molecular weight excluding hydrogens is 241 g/mol. The second kappa shape index (κ2) is 7.75. The molecule has 0 saturated heterocycles. The van der Waals surface area contributed by atoms with Gasteiger partial charge in [-0.2, -0.15) is 0 Å². The number of hydrogen-bond acceptors (Lipinski definition) is 4. The number of rotatable bonds is 8. The molecule has 0 amide bonds. The lowest BCUT2D eigenvalue weighted by Crippen LogP contribution is -2.30. The minimum absolute atomic E-state index is 0.248. The van der Waals surface area contributed by atoms with Gasteiger partial charge in [0.05, 0.1) is 12.0 Å². The highest BCUT2D eigenvalue weighted by atomic mass is 32.7. The van der Waals surface area contributed by atoms with Gasteiger partial charge in [0.2, 0.25) is 0 Å². The van der Waals surface area contributed by atoms with Crippen LogP contribution < -0.4 is 0 Å². The zero-order valence-electron chi connectivity index (χ0n) is 11.4. The lowest BCUT2D eigenvalue weighted by Gasteiger charge is -2.27. The van der Waals surface area contributed by atoms with Crippen LogP contribution in [0.2, 0.25) is 0 Å². The average Bonchev–Trinajstić information content (AvgIpc) is 2.16. The molecule has 0 bridgehead atoms. The third-order valence-corrected chi connectivity index (χ3v) is 6.30. The van der Waals surface area contributed by atoms with Crippen molar-refractivity contribution in [2.24, 2.45) is 5.92 Å². The highest BCUT2D eigenvalue weighted by molar-refractivity contribution is 8.56. The highest BCUT2D eigenvalue weighted by Gasteiger charge is 2.23. The predicted molar refractivity (Wildman–Crippen MR) is 74.3 cm³/mol. The summed E-state index contributed by atoms with van der Waals surface area (Å²) in [6.45, 7) is 12.2. The Hall–Kier alpha value is 0.500. The maximum Gasteiger partial charge on any atom is 0.256 e. The first-order valence-electron chi connectivity index (χ1n) is 5.96. The maximum atomic E-state index is 12.2. The van der Waals surface area contributed by atoms with E-state index < -0.39 is 6.57 Å². The summed E-state index contributed by atoms with van der Waals surface area (Å²) >= 11 is 1.46. The Bertz CT molecular complexity index is 232. The van der Waals surface area contributed by atoms with Gasteiger partial charge >= 0.3 is 0 Å². The predicted octanol–water partition coefficient (Wildman–Crippen LogP) is 3.90. The quantitative estimate of drug-likeness (QED) is 0.493. The normalized spacial score (nSPS) is 17.8. The van der Waals surface area contributed by atoms with E-state index in [2.05, 4.69) is 39.5 Å². The van der Waals surface area contributed by atoms with E-state index in [0.717, 1.165) is 13.1 Å². The number of nitrogens with zero attached hydrogens (tertiary/aromatic N) is 1. The summed E-state index contributed by atoms with van der Waals surface area (Å²) < 4.78 is 17.7. The van der Waals surface area contributed by atoms with E-state index in [-0.39, 0.29) is 5.37 Å². The first-order chi connectivity index (χ1) is 7.32. The van der Waals surface area contributed by atoms with Crippen molar-refractivity contribution in [2.45, 2.75) is 40.0 Å². The standard InChI is InChI=1S/C11H26NO2PS/c1-7-12(8-2)11(5)16-15(6,13)14-9-10(3)4/h10-11H,7-9H2,1-6H3. The third-order valence-electron chi connectivity index (χ3n) is 2.31. The van der Waals surface area contributed by atoms with Crippen LogP contribution in [-0.4, -0.2) is 36.6 Å².